The largest absolute Gasteiger partial charge is 0.467 e. The number of aryl methyl sites for hydroxylation is 2. The molecule has 33 heavy (non-hydrogen) atoms. The molecule has 0 aliphatic carbocycles. The number of carbonyl (C=O) groups is 2. The van der Waals surface area contributed by atoms with Crippen molar-refractivity contribution in [2.75, 3.05) is 11.9 Å². The van der Waals surface area contributed by atoms with Gasteiger partial charge in [-0.25, -0.2) is 4.98 Å². The van der Waals surface area contributed by atoms with Crippen LogP contribution in [0, 0.1) is 19.8 Å². The number of anilines is 1. The Balaban J connectivity index is 1.22. The Kier molecular flexibility index (Phi) is 5.94. The van der Waals surface area contributed by atoms with Gasteiger partial charge in [-0.15, -0.1) is 11.3 Å². The molecule has 0 saturated carbocycles. The number of hydrogen-bond donors (Lipinski definition) is 1. The van der Waals surface area contributed by atoms with Crippen LogP contribution in [-0.2, 0) is 21.9 Å². The normalized spacial score (nSPS) is 16.1. The van der Waals surface area contributed by atoms with E-state index in [9.17, 15) is 9.59 Å². The van der Waals surface area contributed by atoms with Crippen LogP contribution in [0.15, 0.2) is 49.9 Å². The van der Waals surface area contributed by atoms with E-state index in [1.807, 2.05) is 38.1 Å². The maximum Gasteiger partial charge on any atom is 0.229 e. The number of nitrogens with one attached hydrogen (secondary N) is 1. The van der Waals surface area contributed by atoms with Crippen LogP contribution in [0.2, 0.25) is 0 Å². The minimum absolute atomic E-state index is 0.0376. The zero-order valence-corrected chi connectivity index (χ0v) is 19.8. The van der Waals surface area contributed by atoms with Crippen LogP contribution in [0.25, 0.3) is 10.2 Å². The molecular formula is C23H22N4O4S2. The summed E-state index contributed by atoms with van der Waals surface area (Å²) >= 11 is 3.23. The van der Waals surface area contributed by atoms with E-state index in [1.54, 1.807) is 40.3 Å². The van der Waals surface area contributed by atoms with Gasteiger partial charge < -0.3 is 19.2 Å². The van der Waals surface area contributed by atoms with E-state index in [1.165, 1.54) is 0 Å². The van der Waals surface area contributed by atoms with Gasteiger partial charge in [0.15, 0.2) is 4.34 Å². The molecule has 1 atom stereocenters. The number of thioether (sulfide) groups is 1. The quantitative estimate of drug-likeness (QED) is 0.379. The number of amides is 2. The average molecular weight is 483 g/mol. The summed E-state index contributed by atoms with van der Waals surface area (Å²) in [6.45, 7) is 4.62. The lowest BCUT2D eigenvalue weighted by molar-refractivity contribution is -0.128. The number of hydrogen-bond acceptors (Lipinski definition) is 8. The Morgan fingerprint density at radius 1 is 1.33 bits per heavy atom. The van der Waals surface area contributed by atoms with Gasteiger partial charge in [0.2, 0.25) is 11.8 Å². The van der Waals surface area contributed by atoms with Crippen molar-refractivity contribution in [3.63, 3.8) is 0 Å². The van der Waals surface area contributed by atoms with E-state index in [-0.39, 0.29) is 24.2 Å². The number of furan rings is 1. The van der Waals surface area contributed by atoms with Crippen molar-refractivity contribution >= 4 is 50.8 Å². The summed E-state index contributed by atoms with van der Waals surface area (Å²) in [5.74, 6) is 1.72. The molecule has 8 nitrogen and oxygen atoms in total. The summed E-state index contributed by atoms with van der Waals surface area (Å²) in [5.41, 5.74) is 3.59. The lowest BCUT2D eigenvalue weighted by Gasteiger charge is -2.15. The standard InChI is InChI=1S/C23H22N4O4S2/c1-13-18(14(2)31-26-13)12-32-23-25-19-6-5-16(9-20(19)33-23)24-22(29)15-8-21(28)27(10-15)11-17-4-3-7-30-17/h3-7,9,15H,8,10-12H2,1-2H3,(H,24,29). The second kappa shape index (κ2) is 9.03. The fraction of sp³-hybridized carbons (Fsp3) is 0.304. The maximum atomic E-state index is 12.8. The number of fused-ring (bicyclic) bond motifs is 1. The Hall–Kier alpha value is -3.11. The van der Waals surface area contributed by atoms with E-state index >= 15 is 0 Å². The summed E-state index contributed by atoms with van der Waals surface area (Å²) < 4.78 is 12.5. The van der Waals surface area contributed by atoms with Crippen LogP contribution in [0.5, 0.6) is 0 Å². The molecule has 10 heteroatoms. The first-order chi connectivity index (χ1) is 16.0. The monoisotopic (exact) mass is 482 g/mol. The van der Waals surface area contributed by atoms with Gasteiger partial charge in [-0.2, -0.15) is 0 Å². The Labute approximate surface area is 198 Å². The fourth-order valence-corrected chi connectivity index (χ4v) is 6.08. The molecule has 1 aliphatic heterocycles. The zero-order chi connectivity index (χ0) is 22.9. The number of thiazole rings is 1. The minimum Gasteiger partial charge on any atom is -0.467 e. The van der Waals surface area contributed by atoms with E-state index < -0.39 is 0 Å². The van der Waals surface area contributed by atoms with Gasteiger partial charge in [0.25, 0.3) is 0 Å². The highest BCUT2D eigenvalue weighted by molar-refractivity contribution is 8.00. The van der Waals surface area contributed by atoms with E-state index in [0.717, 1.165) is 37.3 Å². The third-order valence-corrected chi connectivity index (χ3v) is 7.86. The molecule has 4 heterocycles. The molecule has 3 aromatic heterocycles. The molecule has 0 radical (unpaired) electrons. The van der Waals surface area contributed by atoms with Crippen molar-refractivity contribution in [3.05, 3.63) is 59.4 Å². The molecule has 4 aromatic rings. The third-order valence-electron chi connectivity index (χ3n) is 5.67. The summed E-state index contributed by atoms with van der Waals surface area (Å²) in [4.78, 5) is 31.5. The minimum atomic E-state index is -0.384. The molecule has 1 aromatic carbocycles. The van der Waals surface area contributed by atoms with Crippen LogP contribution in [0.1, 0.15) is 29.2 Å². The number of aromatic nitrogens is 2. The molecule has 2 amide bonds. The van der Waals surface area contributed by atoms with Crippen LogP contribution < -0.4 is 5.32 Å². The smallest absolute Gasteiger partial charge is 0.229 e. The van der Waals surface area contributed by atoms with Crippen molar-refractivity contribution in [2.24, 2.45) is 5.92 Å². The third kappa shape index (κ3) is 4.67. The number of rotatable bonds is 7. The van der Waals surface area contributed by atoms with Gasteiger partial charge >= 0.3 is 0 Å². The highest BCUT2D eigenvalue weighted by Crippen LogP contribution is 2.34. The first-order valence-corrected chi connectivity index (χ1v) is 12.3. The van der Waals surface area contributed by atoms with Crippen LogP contribution in [0.3, 0.4) is 0 Å². The van der Waals surface area contributed by atoms with Crippen molar-refractivity contribution in [1.29, 1.82) is 0 Å². The van der Waals surface area contributed by atoms with Gasteiger partial charge in [-0.05, 0) is 44.2 Å². The van der Waals surface area contributed by atoms with Crippen molar-refractivity contribution < 1.29 is 18.5 Å². The molecular weight excluding hydrogens is 460 g/mol. The fourth-order valence-electron chi connectivity index (χ4n) is 3.82. The molecule has 1 unspecified atom stereocenters. The lowest BCUT2D eigenvalue weighted by atomic mass is 10.1. The highest BCUT2D eigenvalue weighted by Gasteiger charge is 2.34. The van der Waals surface area contributed by atoms with E-state index in [4.69, 9.17) is 8.94 Å². The SMILES string of the molecule is Cc1noc(C)c1CSc1nc2ccc(NC(=O)C3CC(=O)N(Cc4ccco4)C3)cc2s1. The number of likely N-dealkylation sites (tertiary alicyclic amines) is 1. The molecule has 1 fully saturated rings. The first-order valence-electron chi connectivity index (χ1n) is 10.5. The van der Waals surface area contributed by atoms with Crippen LogP contribution >= 0.6 is 23.1 Å². The molecule has 170 valence electrons. The molecule has 1 saturated heterocycles. The van der Waals surface area contributed by atoms with E-state index in [2.05, 4.69) is 15.5 Å². The van der Waals surface area contributed by atoms with Gasteiger partial charge in [0.1, 0.15) is 11.5 Å². The predicted molar refractivity (Wildman–Crippen MR) is 126 cm³/mol. The van der Waals surface area contributed by atoms with Gasteiger partial charge in [0.05, 0.1) is 34.6 Å². The Morgan fingerprint density at radius 2 is 2.21 bits per heavy atom. The van der Waals surface area contributed by atoms with Crippen molar-refractivity contribution in [1.82, 2.24) is 15.0 Å². The molecule has 0 bridgehead atoms. The zero-order valence-electron chi connectivity index (χ0n) is 18.2. The van der Waals surface area contributed by atoms with Gasteiger partial charge in [-0.1, -0.05) is 16.9 Å². The molecule has 1 N–H and O–H groups in total. The Bertz CT molecular complexity index is 1290. The lowest BCUT2D eigenvalue weighted by Crippen LogP contribution is -2.27. The first kappa shape index (κ1) is 21.7. The Morgan fingerprint density at radius 3 is 2.97 bits per heavy atom. The molecule has 1 aliphatic rings. The van der Waals surface area contributed by atoms with Crippen molar-refractivity contribution in [3.8, 4) is 0 Å². The molecule has 5 rings (SSSR count). The van der Waals surface area contributed by atoms with E-state index in [0.29, 0.717) is 24.5 Å². The number of benzene rings is 1. The number of nitrogens with zero attached hydrogens (tertiary/aromatic N) is 3. The van der Waals surface area contributed by atoms with Crippen LogP contribution in [0.4, 0.5) is 5.69 Å². The van der Waals surface area contributed by atoms with Crippen LogP contribution in [-0.4, -0.2) is 33.4 Å². The second-order valence-corrected chi connectivity index (χ2v) is 10.3. The number of carbonyl (C=O) groups excluding carboxylic acids is 2. The van der Waals surface area contributed by atoms with Gasteiger partial charge in [-0.3, -0.25) is 9.59 Å². The maximum absolute atomic E-state index is 12.8. The molecule has 0 spiro atoms. The second-order valence-electron chi connectivity index (χ2n) is 8.00. The highest BCUT2D eigenvalue weighted by atomic mass is 32.2. The summed E-state index contributed by atoms with van der Waals surface area (Å²) in [6.07, 6.45) is 1.79. The van der Waals surface area contributed by atoms with Crippen molar-refractivity contribution in [2.45, 2.75) is 36.9 Å². The summed E-state index contributed by atoms with van der Waals surface area (Å²) in [6, 6.07) is 9.30. The average Bonchev–Trinajstić information content (AvgIpc) is 3.57. The topological polar surface area (TPSA) is 101 Å². The van der Waals surface area contributed by atoms with Gasteiger partial charge in [0, 0.05) is 30.0 Å². The summed E-state index contributed by atoms with van der Waals surface area (Å²) in [5, 5.41) is 6.96. The summed E-state index contributed by atoms with van der Waals surface area (Å²) in [7, 11) is 0. The predicted octanol–water partition coefficient (Wildman–Crippen LogP) is 4.77.